The minimum absolute atomic E-state index is 0.271. The quantitative estimate of drug-likeness (QED) is 0.748. The summed E-state index contributed by atoms with van der Waals surface area (Å²) in [5.74, 6) is -1.89. The first-order chi connectivity index (χ1) is 5.11. The van der Waals surface area contributed by atoms with Crippen LogP contribution in [0.3, 0.4) is 0 Å². The lowest BCUT2D eigenvalue weighted by molar-refractivity contribution is 0.0990. The minimum atomic E-state index is -0.958. The van der Waals surface area contributed by atoms with Crippen molar-refractivity contribution in [2.75, 3.05) is 0 Å². The van der Waals surface area contributed by atoms with Crippen LogP contribution in [0.25, 0.3) is 0 Å². The number of nitrogens with two attached hydrogens (primary N) is 1. The summed E-state index contributed by atoms with van der Waals surface area (Å²) in [7, 11) is 0. The van der Waals surface area contributed by atoms with E-state index in [1.165, 1.54) is 0 Å². The maximum atomic E-state index is 12.5. The van der Waals surface area contributed by atoms with Crippen molar-refractivity contribution in [1.82, 2.24) is 9.97 Å². The second kappa shape index (κ2) is 2.91. The van der Waals surface area contributed by atoms with Gasteiger partial charge in [-0.25, -0.2) is 9.97 Å². The van der Waals surface area contributed by atoms with Crippen molar-refractivity contribution in [2.45, 2.75) is 0 Å². The van der Waals surface area contributed by atoms with Crippen molar-refractivity contribution < 1.29 is 9.18 Å². The first kappa shape index (κ1) is 8.06. The Labute approximate surface area is 69.8 Å². The molecule has 0 unspecified atom stereocenters. The van der Waals surface area contributed by atoms with E-state index >= 15 is 0 Å². The molecule has 1 aromatic rings. The summed E-state index contributed by atoms with van der Waals surface area (Å²) in [6.45, 7) is 0. The van der Waals surface area contributed by atoms with E-state index in [0.717, 1.165) is 6.20 Å². The predicted octanol–water partition coefficient (Wildman–Crippen LogP) is 0.477. The number of carbonyl (C=O) groups is 1. The van der Waals surface area contributed by atoms with Gasteiger partial charge in [-0.2, -0.15) is 4.39 Å². The molecule has 0 atom stereocenters. The average Bonchev–Trinajstić information content (AvgIpc) is 1.94. The number of carbonyl (C=O) groups excluding carboxylic acids is 1. The summed E-state index contributed by atoms with van der Waals surface area (Å²) in [5, 5.41) is 0. The summed E-state index contributed by atoms with van der Waals surface area (Å²) < 4.78 is 12.8. The van der Waals surface area contributed by atoms with Crippen LogP contribution in [-0.2, 0) is 0 Å². The van der Waals surface area contributed by atoms with Gasteiger partial charge in [0.2, 0.25) is 5.95 Å². The third-order valence-electron chi connectivity index (χ3n) is 0.932. The largest absolute Gasteiger partial charge is 0.364 e. The molecule has 0 aliphatic rings. The van der Waals surface area contributed by atoms with Crippen LogP contribution >= 0.6 is 15.9 Å². The van der Waals surface area contributed by atoms with Crippen molar-refractivity contribution in [1.29, 1.82) is 0 Å². The SMILES string of the molecule is NC(=O)c1nc(Br)cnc1F. The fraction of sp³-hybridized carbons (Fsp3) is 0. The van der Waals surface area contributed by atoms with Gasteiger partial charge in [-0.15, -0.1) is 0 Å². The summed E-state index contributed by atoms with van der Waals surface area (Å²) >= 11 is 2.92. The highest BCUT2D eigenvalue weighted by atomic mass is 79.9. The number of rotatable bonds is 1. The van der Waals surface area contributed by atoms with E-state index in [-0.39, 0.29) is 4.60 Å². The normalized spacial score (nSPS) is 9.64. The Morgan fingerprint density at radius 2 is 2.36 bits per heavy atom. The molecule has 0 saturated heterocycles. The molecule has 0 aliphatic heterocycles. The molecule has 0 radical (unpaired) electrons. The number of hydrogen-bond donors (Lipinski definition) is 1. The molecule has 1 rings (SSSR count). The lowest BCUT2D eigenvalue weighted by Crippen LogP contribution is -2.16. The highest BCUT2D eigenvalue weighted by Crippen LogP contribution is 2.06. The maximum Gasteiger partial charge on any atom is 0.272 e. The zero-order valence-electron chi connectivity index (χ0n) is 5.21. The van der Waals surface area contributed by atoms with Gasteiger partial charge in [0.1, 0.15) is 4.60 Å². The highest BCUT2D eigenvalue weighted by Gasteiger charge is 2.10. The second-order valence-corrected chi connectivity index (χ2v) is 2.51. The molecule has 1 amide bonds. The van der Waals surface area contributed by atoms with Crippen molar-refractivity contribution in [2.24, 2.45) is 5.73 Å². The first-order valence-electron chi connectivity index (χ1n) is 2.59. The van der Waals surface area contributed by atoms with E-state index in [9.17, 15) is 9.18 Å². The summed E-state index contributed by atoms with van der Waals surface area (Å²) in [6.07, 6.45) is 1.14. The van der Waals surface area contributed by atoms with Gasteiger partial charge in [0.15, 0.2) is 5.69 Å². The van der Waals surface area contributed by atoms with Crippen LogP contribution in [-0.4, -0.2) is 15.9 Å². The minimum Gasteiger partial charge on any atom is -0.364 e. The third-order valence-corrected chi connectivity index (χ3v) is 1.31. The molecule has 58 valence electrons. The van der Waals surface area contributed by atoms with Crippen LogP contribution in [0.2, 0.25) is 0 Å². The predicted molar refractivity (Wildman–Crippen MR) is 38.2 cm³/mol. The number of hydrogen-bond acceptors (Lipinski definition) is 3. The highest BCUT2D eigenvalue weighted by molar-refractivity contribution is 9.10. The maximum absolute atomic E-state index is 12.5. The topological polar surface area (TPSA) is 68.9 Å². The van der Waals surface area contributed by atoms with Gasteiger partial charge in [-0.1, -0.05) is 0 Å². The van der Waals surface area contributed by atoms with Crippen molar-refractivity contribution in [3.8, 4) is 0 Å². The van der Waals surface area contributed by atoms with Crippen molar-refractivity contribution >= 4 is 21.8 Å². The number of primary amides is 1. The lowest BCUT2D eigenvalue weighted by atomic mass is 10.4. The standard InChI is InChI=1S/C5H3BrFN3O/c6-2-1-9-4(7)3(10-2)5(8)11/h1H,(H2,8,11). The average molecular weight is 220 g/mol. The Balaban J connectivity index is 3.23. The molecule has 11 heavy (non-hydrogen) atoms. The molecular weight excluding hydrogens is 217 g/mol. The molecule has 0 fully saturated rings. The summed E-state index contributed by atoms with van der Waals surface area (Å²) in [6, 6.07) is 0. The van der Waals surface area contributed by atoms with E-state index in [4.69, 9.17) is 5.73 Å². The third kappa shape index (κ3) is 1.70. The van der Waals surface area contributed by atoms with Gasteiger partial charge in [0.25, 0.3) is 5.91 Å². The van der Waals surface area contributed by atoms with Crippen LogP contribution < -0.4 is 5.73 Å². The Kier molecular flexibility index (Phi) is 2.13. The molecule has 4 nitrogen and oxygen atoms in total. The van der Waals surface area contributed by atoms with Gasteiger partial charge in [-0.3, -0.25) is 4.79 Å². The molecule has 0 aliphatic carbocycles. The lowest BCUT2D eigenvalue weighted by Gasteiger charge is -1.95. The summed E-state index contributed by atoms with van der Waals surface area (Å²) in [5.41, 5.74) is 4.32. The van der Waals surface area contributed by atoms with Crippen molar-refractivity contribution in [3.63, 3.8) is 0 Å². The molecule has 2 N–H and O–H groups in total. The number of amides is 1. The van der Waals surface area contributed by atoms with Gasteiger partial charge in [-0.05, 0) is 15.9 Å². The van der Waals surface area contributed by atoms with E-state index in [0.29, 0.717) is 0 Å². The number of halogens is 2. The molecule has 0 bridgehead atoms. The van der Waals surface area contributed by atoms with Crippen LogP contribution in [0, 0.1) is 5.95 Å². The molecule has 6 heteroatoms. The Bertz CT molecular complexity index is 304. The van der Waals surface area contributed by atoms with Gasteiger partial charge in [0, 0.05) is 0 Å². The van der Waals surface area contributed by atoms with Crippen LogP contribution in [0.5, 0.6) is 0 Å². The fourth-order valence-corrected chi connectivity index (χ4v) is 0.789. The molecule has 1 heterocycles. The van der Waals surface area contributed by atoms with Crippen molar-refractivity contribution in [3.05, 3.63) is 22.4 Å². The van der Waals surface area contributed by atoms with Crippen LogP contribution in [0.1, 0.15) is 10.5 Å². The zero-order valence-corrected chi connectivity index (χ0v) is 6.80. The summed E-state index contributed by atoms with van der Waals surface area (Å²) in [4.78, 5) is 17.1. The Morgan fingerprint density at radius 3 is 2.82 bits per heavy atom. The van der Waals surface area contributed by atoms with Crippen LogP contribution in [0.4, 0.5) is 4.39 Å². The molecule has 0 saturated carbocycles. The smallest absolute Gasteiger partial charge is 0.272 e. The van der Waals surface area contributed by atoms with Crippen LogP contribution in [0.15, 0.2) is 10.8 Å². The number of nitrogens with zero attached hydrogens (tertiary/aromatic N) is 2. The molecule has 1 aromatic heterocycles. The first-order valence-corrected chi connectivity index (χ1v) is 3.38. The zero-order chi connectivity index (χ0) is 8.43. The van der Waals surface area contributed by atoms with E-state index in [1.807, 2.05) is 0 Å². The fourth-order valence-electron chi connectivity index (χ4n) is 0.510. The van der Waals surface area contributed by atoms with Gasteiger partial charge < -0.3 is 5.73 Å². The van der Waals surface area contributed by atoms with E-state index in [2.05, 4.69) is 25.9 Å². The molecular formula is C5H3BrFN3O. The van der Waals surface area contributed by atoms with E-state index in [1.54, 1.807) is 0 Å². The Morgan fingerprint density at radius 1 is 1.73 bits per heavy atom. The molecule has 0 aromatic carbocycles. The molecule has 0 spiro atoms. The monoisotopic (exact) mass is 219 g/mol. The Hall–Kier alpha value is -1.04. The van der Waals surface area contributed by atoms with Gasteiger partial charge in [0.05, 0.1) is 6.20 Å². The van der Waals surface area contributed by atoms with Gasteiger partial charge >= 0.3 is 0 Å². The second-order valence-electron chi connectivity index (χ2n) is 1.70. The van der Waals surface area contributed by atoms with E-state index < -0.39 is 17.5 Å². The number of aromatic nitrogens is 2.